The number of nitrogens with two attached hydrogens (primary N) is 3. The number of halogens is 2. The van der Waals surface area contributed by atoms with Gasteiger partial charge in [0.15, 0.2) is 0 Å². The molecule has 0 aromatic heterocycles. The van der Waals surface area contributed by atoms with Crippen LogP contribution in [0.25, 0.3) is 5.70 Å². The summed E-state index contributed by atoms with van der Waals surface area (Å²) in [5, 5.41) is 0.0279. The van der Waals surface area contributed by atoms with E-state index in [9.17, 15) is 8.42 Å². The molecule has 39 heavy (non-hydrogen) atoms. The van der Waals surface area contributed by atoms with Crippen molar-refractivity contribution in [3.05, 3.63) is 64.6 Å². The Bertz CT molecular complexity index is 1300. The fourth-order valence-electron chi connectivity index (χ4n) is 4.58. The SMILES string of the molecule is CCCC(N)C(C)N=C(N)/C(=C(/N)c1ccc(NS(=O)(=O)c2ccccc2Cl)c(F)c1)N(C)C(CC)C(C)C. The summed E-state index contributed by atoms with van der Waals surface area (Å²) in [6.45, 7) is 10.2. The topological polar surface area (TPSA) is 140 Å². The lowest BCUT2D eigenvalue weighted by molar-refractivity contribution is 0.242. The lowest BCUT2D eigenvalue weighted by Gasteiger charge is -2.35. The molecule has 2 aromatic carbocycles. The van der Waals surface area contributed by atoms with E-state index in [0.717, 1.165) is 19.3 Å². The van der Waals surface area contributed by atoms with Crippen LogP contribution in [-0.4, -0.2) is 44.3 Å². The Kier molecular flexibility index (Phi) is 11.6. The van der Waals surface area contributed by atoms with E-state index in [1.807, 2.05) is 18.9 Å². The Morgan fingerprint density at radius 1 is 1.13 bits per heavy atom. The van der Waals surface area contributed by atoms with Crippen molar-refractivity contribution in [2.75, 3.05) is 11.8 Å². The van der Waals surface area contributed by atoms with Gasteiger partial charge in [-0.05, 0) is 49.9 Å². The van der Waals surface area contributed by atoms with Crippen LogP contribution in [0.15, 0.2) is 58.0 Å². The molecule has 0 saturated heterocycles. The molecule has 0 amide bonds. The number of nitrogens with zero attached hydrogens (tertiary/aromatic N) is 2. The average molecular weight is 581 g/mol. The van der Waals surface area contributed by atoms with Crippen LogP contribution in [0.2, 0.25) is 5.02 Å². The molecule has 216 valence electrons. The first-order chi connectivity index (χ1) is 18.2. The molecule has 2 rings (SSSR count). The Morgan fingerprint density at radius 3 is 2.31 bits per heavy atom. The minimum atomic E-state index is -4.12. The van der Waals surface area contributed by atoms with Crippen LogP contribution in [-0.2, 0) is 10.0 Å². The molecule has 0 spiro atoms. The van der Waals surface area contributed by atoms with E-state index < -0.39 is 15.8 Å². The van der Waals surface area contributed by atoms with E-state index in [-0.39, 0.29) is 51.2 Å². The van der Waals surface area contributed by atoms with Gasteiger partial charge in [-0.2, -0.15) is 0 Å². The van der Waals surface area contributed by atoms with Crippen LogP contribution in [0.5, 0.6) is 0 Å². The molecule has 3 atom stereocenters. The third-order valence-electron chi connectivity index (χ3n) is 6.77. The molecular weight excluding hydrogens is 539 g/mol. The van der Waals surface area contributed by atoms with Gasteiger partial charge in [0.2, 0.25) is 0 Å². The highest BCUT2D eigenvalue weighted by molar-refractivity contribution is 7.92. The van der Waals surface area contributed by atoms with Gasteiger partial charge in [-0.15, -0.1) is 0 Å². The van der Waals surface area contributed by atoms with Gasteiger partial charge < -0.3 is 22.1 Å². The second-order valence-electron chi connectivity index (χ2n) is 10.0. The van der Waals surface area contributed by atoms with Crippen LogP contribution in [0.3, 0.4) is 0 Å². The molecule has 0 heterocycles. The summed E-state index contributed by atoms with van der Waals surface area (Å²) in [5.74, 6) is -0.330. The van der Waals surface area contributed by atoms with Crippen molar-refractivity contribution in [1.29, 1.82) is 0 Å². The van der Waals surface area contributed by atoms with Crippen molar-refractivity contribution in [3.8, 4) is 0 Å². The van der Waals surface area contributed by atoms with E-state index in [1.165, 1.54) is 36.4 Å². The summed E-state index contributed by atoms with van der Waals surface area (Å²) < 4.78 is 43.1. The summed E-state index contributed by atoms with van der Waals surface area (Å²) in [5.41, 5.74) is 20.2. The first-order valence-electron chi connectivity index (χ1n) is 13.1. The van der Waals surface area contributed by atoms with Crippen molar-refractivity contribution in [1.82, 2.24) is 4.90 Å². The number of aliphatic imine (C=N–C) groups is 1. The minimum absolute atomic E-state index is 0.0279. The Morgan fingerprint density at radius 2 is 1.77 bits per heavy atom. The van der Waals surface area contributed by atoms with E-state index in [4.69, 9.17) is 28.8 Å². The molecule has 0 aliphatic carbocycles. The van der Waals surface area contributed by atoms with Crippen LogP contribution >= 0.6 is 11.6 Å². The maximum atomic E-state index is 15.2. The second-order valence-corrected chi connectivity index (χ2v) is 12.1. The Balaban J connectivity index is 2.57. The van der Waals surface area contributed by atoms with Crippen molar-refractivity contribution in [3.63, 3.8) is 0 Å². The molecule has 0 fully saturated rings. The summed E-state index contributed by atoms with van der Waals surface area (Å²) in [4.78, 5) is 6.48. The minimum Gasteiger partial charge on any atom is -0.396 e. The highest BCUT2D eigenvalue weighted by Gasteiger charge is 2.26. The van der Waals surface area contributed by atoms with Crippen molar-refractivity contribution in [2.45, 2.75) is 76.9 Å². The van der Waals surface area contributed by atoms with Gasteiger partial charge in [0.25, 0.3) is 10.0 Å². The first kappa shape index (κ1) is 32.4. The molecule has 3 unspecified atom stereocenters. The van der Waals surface area contributed by atoms with Crippen LogP contribution in [0.4, 0.5) is 10.1 Å². The fraction of sp³-hybridized carbons (Fsp3) is 0.464. The van der Waals surface area contributed by atoms with Crippen molar-refractivity contribution in [2.24, 2.45) is 28.1 Å². The number of nitrogens with one attached hydrogen (secondary N) is 1. The quantitative estimate of drug-likeness (QED) is 0.191. The molecule has 0 saturated carbocycles. The van der Waals surface area contributed by atoms with E-state index in [1.54, 1.807) is 6.07 Å². The summed E-state index contributed by atoms with van der Waals surface area (Å²) in [7, 11) is -2.23. The number of benzene rings is 2. The summed E-state index contributed by atoms with van der Waals surface area (Å²) >= 11 is 6.04. The molecule has 0 aliphatic heterocycles. The van der Waals surface area contributed by atoms with E-state index in [0.29, 0.717) is 11.3 Å². The highest BCUT2D eigenvalue weighted by Crippen LogP contribution is 2.28. The van der Waals surface area contributed by atoms with Crippen LogP contribution in [0, 0.1) is 11.7 Å². The number of likely N-dealkylation sites (N-methyl/N-ethyl adjacent to an activating group) is 1. The predicted molar refractivity (Wildman–Crippen MR) is 160 cm³/mol. The largest absolute Gasteiger partial charge is 0.396 e. The average Bonchev–Trinajstić information content (AvgIpc) is 2.85. The molecule has 0 radical (unpaired) electrons. The fourth-order valence-corrected chi connectivity index (χ4v) is 6.17. The van der Waals surface area contributed by atoms with Crippen LogP contribution < -0.4 is 21.9 Å². The van der Waals surface area contributed by atoms with Gasteiger partial charge in [0.05, 0.1) is 22.4 Å². The standard InChI is InChI=1S/C28H42ClFN6O2S/c1-7-11-22(31)18(5)34-28(33)27(36(6)24(8-2)17(3)4)26(32)19-14-15-23(21(30)16-19)35-39(37,38)25-13-10-9-12-20(25)29/h9-10,12-18,22,24,35H,7-8,11,31-32H2,1-6H3,(H2,33,34)/b27-26-. The zero-order chi connectivity index (χ0) is 29.5. The zero-order valence-electron chi connectivity index (χ0n) is 23.6. The molecule has 0 bridgehead atoms. The zero-order valence-corrected chi connectivity index (χ0v) is 25.2. The van der Waals surface area contributed by atoms with Gasteiger partial charge in [0.1, 0.15) is 22.2 Å². The van der Waals surface area contributed by atoms with Crippen molar-refractivity contribution >= 4 is 38.8 Å². The third kappa shape index (κ3) is 8.09. The first-order valence-corrected chi connectivity index (χ1v) is 15.0. The van der Waals surface area contributed by atoms with Crippen molar-refractivity contribution < 1.29 is 12.8 Å². The van der Waals surface area contributed by atoms with Gasteiger partial charge in [0, 0.05) is 24.7 Å². The maximum Gasteiger partial charge on any atom is 0.263 e. The maximum absolute atomic E-state index is 15.2. The van der Waals surface area contributed by atoms with Gasteiger partial charge in [-0.25, -0.2) is 12.8 Å². The number of hydrogen-bond donors (Lipinski definition) is 4. The molecular formula is C28H42ClFN6O2S. The van der Waals surface area contributed by atoms with E-state index >= 15 is 4.39 Å². The summed E-state index contributed by atoms with van der Waals surface area (Å²) in [6, 6.07) is 9.61. The van der Waals surface area contributed by atoms with Gasteiger partial charge in [-0.1, -0.05) is 63.9 Å². The molecule has 11 heteroatoms. The monoisotopic (exact) mass is 580 g/mol. The normalized spacial score (nSPS) is 15.5. The van der Waals surface area contributed by atoms with E-state index in [2.05, 4.69) is 37.4 Å². The number of sulfonamides is 1. The molecule has 0 aliphatic rings. The second kappa shape index (κ2) is 14.0. The lowest BCUT2D eigenvalue weighted by Crippen LogP contribution is -2.42. The third-order valence-corrected chi connectivity index (χ3v) is 8.64. The van der Waals surface area contributed by atoms with Crippen LogP contribution in [0.1, 0.15) is 59.4 Å². The highest BCUT2D eigenvalue weighted by atomic mass is 35.5. The molecule has 8 nitrogen and oxygen atoms in total. The summed E-state index contributed by atoms with van der Waals surface area (Å²) in [6.07, 6.45) is 2.53. The Hall–Kier alpha value is -2.82. The smallest absolute Gasteiger partial charge is 0.263 e. The Labute approximate surface area is 237 Å². The number of amidine groups is 1. The molecule has 2 aromatic rings. The molecule has 7 N–H and O–H groups in total. The lowest BCUT2D eigenvalue weighted by atomic mass is 9.98. The number of anilines is 1. The number of rotatable bonds is 13. The number of hydrogen-bond acceptors (Lipinski definition) is 6. The predicted octanol–water partition coefficient (Wildman–Crippen LogP) is 5.15. The van der Waals surface area contributed by atoms with Gasteiger partial charge >= 0.3 is 0 Å². The van der Waals surface area contributed by atoms with Gasteiger partial charge in [-0.3, -0.25) is 9.71 Å².